The van der Waals surface area contributed by atoms with Gasteiger partial charge in [-0.2, -0.15) is 0 Å². The molecule has 2 fully saturated rings. The van der Waals surface area contributed by atoms with Gasteiger partial charge < -0.3 is 14.7 Å². The molecule has 0 saturated carbocycles. The normalized spacial score (nSPS) is 33.7. The number of halogens is 1. The molecule has 0 amide bonds. The molecule has 3 heterocycles. The van der Waals surface area contributed by atoms with Gasteiger partial charge in [-0.3, -0.25) is 4.65 Å². The third-order valence-corrected chi connectivity index (χ3v) is 5.64. The molecule has 4 atom stereocenters. The zero-order valence-corrected chi connectivity index (χ0v) is 15.7. The molecule has 1 aromatic rings. The Kier molecular flexibility index (Phi) is 5.33. The van der Waals surface area contributed by atoms with Crippen molar-refractivity contribution in [2.75, 3.05) is 26.9 Å². The number of carbonyl (C=O) groups is 1. The van der Waals surface area contributed by atoms with Crippen LogP contribution in [0.2, 0.25) is 0 Å². The lowest BCUT2D eigenvalue weighted by Gasteiger charge is -2.38. The van der Waals surface area contributed by atoms with Gasteiger partial charge in [-0.05, 0) is 24.8 Å². The van der Waals surface area contributed by atoms with Crippen molar-refractivity contribution in [2.45, 2.75) is 30.0 Å². The Hall–Kier alpha value is -0.910. The highest BCUT2D eigenvalue weighted by atomic mass is 79.9. The molecule has 1 aromatic heterocycles. The summed E-state index contributed by atoms with van der Waals surface area (Å²) in [5.41, 5.74) is 0. The Labute approximate surface area is 152 Å². The van der Waals surface area contributed by atoms with Crippen LogP contribution in [0, 0.1) is 5.21 Å². The number of nitrogens with zero attached hydrogens (tertiary/aromatic N) is 4. The minimum Gasteiger partial charge on any atom is -0.622 e. The van der Waals surface area contributed by atoms with Gasteiger partial charge in [0.15, 0.2) is 6.10 Å². The van der Waals surface area contributed by atoms with Crippen LogP contribution in [-0.2, 0) is 20.7 Å². The Morgan fingerprint density at radius 3 is 3.12 bits per heavy atom. The molecule has 132 valence electrons. The zero-order chi connectivity index (χ0) is 17.3. The molecule has 0 aromatic carbocycles. The highest BCUT2D eigenvalue weighted by Crippen LogP contribution is 2.34. The van der Waals surface area contributed by atoms with Gasteiger partial charge in [0.25, 0.3) is 6.23 Å². The first-order valence-electron chi connectivity index (χ1n) is 7.59. The molecule has 0 N–H and O–H groups in total. The highest BCUT2D eigenvalue weighted by molar-refractivity contribution is 9.09. The van der Waals surface area contributed by atoms with Crippen LogP contribution in [0.5, 0.6) is 0 Å². The van der Waals surface area contributed by atoms with Crippen LogP contribution in [0.4, 0.5) is 5.13 Å². The summed E-state index contributed by atoms with van der Waals surface area (Å²) in [6, 6.07) is 0. The fourth-order valence-electron chi connectivity index (χ4n) is 2.78. The van der Waals surface area contributed by atoms with Crippen LogP contribution in [0.25, 0.3) is 0 Å². The number of aromatic nitrogens is 2. The number of esters is 1. The summed E-state index contributed by atoms with van der Waals surface area (Å²) in [4.78, 5) is 14.3. The number of allylic oxidation sites excluding steroid dienone is 1. The van der Waals surface area contributed by atoms with Gasteiger partial charge >= 0.3 is 11.1 Å². The molecule has 2 aliphatic heterocycles. The Balaban J connectivity index is 1.75. The van der Waals surface area contributed by atoms with Gasteiger partial charge in [-0.15, -0.1) is 11.7 Å². The number of quaternary nitrogens is 1. The van der Waals surface area contributed by atoms with E-state index in [2.05, 4.69) is 32.7 Å². The van der Waals surface area contributed by atoms with E-state index in [0.717, 1.165) is 0 Å². The third-order valence-electron chi connectivity index (χ3n) is 3.95. The van der Waals surface area contributed by atoms with Crippen molar-refractivity contribution in [2.24, 2.45) is 0 Å². The lowest BCUT2D eigenvalue weighted by molar-refractivity contribution is -0.164. The lowest BCUT2D eigenvalue weighted by atomic mass is 10.2. The van der Waals surface area contributed by atoms with Gasteiger partial charge in [-0.1, -0.05) is 27.1 Å². The van der Waals surface area contributed by atoms with Crippen LogP contribution >= 0.6 is 27.3 Å². The van der Waals surface area contributed by atoms with Crippen LogP contribution < -0.4 is 4.65 Å². The molecule has 24 heavy (non-hydrogen) atoms. The first-order valence-corrected chi connectivity index (χ1v) is 9.33. The minimum absolute atomic E-state index is 0.137. The summed E-state index contributed by atoms with van der Waals surface area (Å²) < 4.78 is 10.1. The Morgan fingerprint density at radius 1 is 1.67 bits per heavy atom. The SMILES string of the molecule is C=CCc1nnc([N+]2([O-])CN(C)CC2OC(=O)C2CC(Br)CO2)s1. The maximum atomic E-state index is 13.3. The maximum Gasteiger partial charge on any atom is 0.339 e. The van der Waals surface area contributed by atoms with Crippen molar-refractivity contribution in [3.05, 3.63) is 22.9 Å². The number of rotatable bonds is 5. The number of hydrogen-bond donors (Lipinski definition) is 0. The van der Waals surface area contributed by atoms with E-state index in [1.807, 2.05) is 11.9 Å². The molecule has 2 saturated heterocycles. The smallest absolute Gasteiger partial charge is 0.339 e. The molecular formula is C14H19BrN4O4S. The van der Waals surface area contributed by atoms with Crippen molar-refractivity contribution in [1.82, 2.24) is 19.7 Å². The van der Waals surface area contributed by atoms with Crippen molar-refractivity contribution in [1.29, 1.82) is 0 Å². The summed E-state index contributed by atoms with van der Waals surface area (Å²) in [6.07, 6.45) is 1.31. The van der Waals surface area contributed by atoms with E-state index in [0.29, 0.717) is 36.1 Å². The minimum atomic E-state index is -0.870. The monoisotopic (exact) mass is 418 g/mol. The highest BCUT2D eigenvalue weighted by Gasteiger charge is 2.46. The van der Waals surface area contributed by atoms with E-state index < -0.39 is 22.9 Å². The topological polar surface area (TPSA) is 87.6 Å². The summed E-state index contributed by atoms with van der Waals surface area (Å²) in [5.74, 6) is -0.494. The Bertz CT molecular complexity index is 630. The van der Waals surface area contributed by atoms with E-state index in [1.54, 1.807) is 6.08 Å². The first kappa shape index (κ1) is 17.9. The number of hydrogen-bond acceptors (Lipinski definition) is 8. The Morgan fingerprint density at radius 2 is 2.46 bits per heavy atom. The summed E-state index contributed by atoms with van der Waals surface area (Å²) >= 11 is 4.64. The summed E-state index contributed by atoms with van der Waals surface area (Å²) in [7, 11) is 1.81. The second kappa shape index (κ2) is 7.14. The number of hydroxylamine groups is 2. The summed E-state index contributed by atoms with van der Waals surface area (Å²) in [5, 5.41) is 22.4. The van der Waals surface area contributed by atoms with Gasteiger partial charge in [0.1, 0.15) is 11.7 Å². The van der Waals surface area contributed by atoms with Crippen LogP contribution in [0.1, 0.15) is 11.4 Å². The maximum absolute atomic E-state index is 13.3. The molecule has 8 nitrogen and oxygen atoms in total. The van der Waals surface area contributed by atoms with Gasteiger partial charge in [-0.25, -0.2) is 9.69 Å². The molecule has 0 bridgehead atoms. The van der Waals surface area contributed by atoms with Crippen molar-refractivity contribution in [3.8, 4) is 0 Å². The number of carbonyl (C=O) groups excluding carboxylic acids is 1. The van der Waals surface area contributed by atoms with E-state index in [9.17, 15) is 10.0 Å². The lowest BCUT2D eigenvalue weighted by Crippen LogP contribution is -2.51. The van der Waals surface area contributed by atoms with Crippen molar-refractivity contribution in [3.63, 3.8) is 0 Å². The zero-order valence-electron chi connectivity index (χ0n) is 13.3. The van der Waals surface area contributed by atoms with Crippen LogP contribution in [0.15, 0.2) is 12.7 Å². The van der Waals surface area contributed by atoms with E-state index in [-0.39, 0.29) is 11.5 Å². The molecule has 0 spiro atoms. The average molecular weight is 419 g/mol. The second-order valence-corrected chi connectivity index (χ2v) is 8.33. The van der Waals surface area contributed by atoms with Crippen LogP contribution in [0.3, 0.4) is 0 Å². The number of alkyl halides is 1. The van der Waals surface area contributed by atoms with Crippen molar-refractivity contribution < 1.29 is 14.3 Å². The average Bonchev–Trinajstić information content (AvgIpc) is 3.21. The number of likely N-dealkylation sites (N-methyl/N-ethyl adjacent to an activating group) is 1. The first-order chi connectivity index (χ1) is 11.4. The van der Waals surface area contributed by atoms with Crippen molar-refractivity contribution >= 4 is 38.4 Å². The fourth-order valence-corrected chi connectivity index (χ4v) is 4.18. The molecule has 0 radical (unpaired) electrons. The molecule has 4 unspecified atom stereocenters. The molecule has 10 heteroatoms. The van der Waals surface area contributed by atoms with E-state index in [4.69, 9.17) is 9.47 Å². The second-order valence-electron chi connectivity index (χ2n) is 5.99. The fraction of sp³-hybridized carbons (Fsp3) is 0.643. The van der Waals surface area contributed by atoms with Gasteiger partial charge in [0.05, 0.1) is 13.2 Å². The standard InChI is InChI=1S/C14H19BrN4O4S/c1-3-4-11-16-17-14(24-11)19(21)8-18(2)6-12(19)23-13(20)10-5-9(15)7-22-10/h3,9-10,12H,1,4-8H2,2H3. The summed E-state index contributed by atoms with van der Waals surface area (Å²) in [6.45, 7) is 4.62. The van der Waals surface area contributed by atoms with E-state index in [1.165, 1.54) is 11.3 Å². The third kappa shape index (κ3) is 3.53. The predicted octanol–water partition coefficient (Wildman–Crippen LogP) is 1.40. The van der Waals surface area contributed by atoms with Crippen LogP contribution in [-0.4, -0.2) is 65.1 Å². The van der Waals surface area contributed by atoms with E-state index >= 15 is 0 Å². The quantitative estimate of drug-likeness (QED) is 0.234. The number of ether oxygens (including phenoxy) is 2. The predicted molar refractivity (Wildman–Crippen MR) is 93.4 cm³/mol. The van der Waals surface area contributed by atoms with Gasteiger partial charge in [0, 0.05) is 11.2 Å². The van der Waals surface area contributed by atoms with Gasteiger partial charge in [0.2, 0.25) is 0 Å². The largest absolute Gasteiger partial charge is 0.622 e. The molecule has 0 aliphatic carbocycles. The molecule has 3 rings (SSSR count). The molecule has 2 aliphatic rings. The molecular weight excluding hydrogens is 400 g/mol.